The maximum Gasteiger partial charge on any atom is 0.472 e. The summed E-state index contributed by atoms with van der Waals surface area (Å²) in [5, 5.41) is 13.7. The lowest BCUT2D eigenvalue weighted by Gasteiger charge is -2.25. The van der Waals surface area contributed by atoms with Crippen molar-refractivity contribution >= 4 is 13.7 Å². The van der Waals surface area contributed by atoms with E-state index in [1.807, 2.05) is 27.2 Å². The molecule has 48 heavy (non-hydrogen) atoms. The van der Waals surface area contributed by atoms with E-state index >= 15 is 0 Å². The molecule has 0 saturated carbocycles. The molecule has 0 saturated heterocycles. The maximum atomic E-state index is 12.8. The fourth-order valence-electron chi connectivity index (χ4n) is 5.45. The normalized spacial score (nSPS) is 14.9. The highest BCUT2D eigenvalue weighted by atomic mass is 31.2. The highest BCUT2D eigenvalue weighted by Gasteiger charge is 2.27. The van der Waals surface area contributed by atoms with Gasteiger partial charge >= 0.3 is 7.82 Å². The minimum absolute atomic E-state index is 0.0595. The number of rotatable bonds is 35. The molecule has 0 spiro atoms. The minimum atomic E-state index is -4.33. The molecule has 3 N–H and O–H groups in total. The van der Waals surface area contributed by atoms with Gasteiger partial charge in [0.2, 0.25) is 5.91 Å². The van der Waals surface area contributed by atoms with Gasteiger partial charge in [-0.3, -0.25) is 13.8 Å². The number of phosphoric ester groups is 1. The van der Waals surface area contributed by atoms with E-state index < -0.39 is 20.0 Å². The third kappa shape index (κ3) is 33.5. The van der Waals surface area contributed by atoms with Crippen molar-refractivity contribution < 1.29 is 32.9 Å². The van der Waals surface area contributed by atoms with Crippen LogP contribution in [0.5, 0.6) is 0 Å². The predicted octanol–water partition coefficient (Wildman–Crippen LogP) is 10.2. The Balaban J connectivity index is 4.56. The fraction of sp³-hybridized carbons (Fsp3) is 0.872. The van der Waals surface area contributed by atoms with Gasteiger partial charge in [0.1, 0.15) is 13.2 Å². The molecule has 0 aliphatic carbocycles. The Labute approximate surface area is 296 Å². The number of aliphatic hydroxyl groups excluding tert-OH is 1. The summed E-state index contributed by atoms with van der Waals surface area (Å²) in [6, 6.07) is -0.849. The van der Waals surface area contributed by atoms with Crippen molar-refractivity contribution in [1.29, 1.82) is 0 Å². The van der Waals surface area contributed by atoms with E-state index in [1.165, 1.54) is 96.3 Å². The predicted molar refractivity (Wildman–Crippen MR) is 203 cm³/mol. The lowest BCUT2D eigenvalue weighted by Crippen LogP contribution is -2.45. The van der Waals surface area contributed by atoms with Gasteiger partial charge in [0.05, 0.1) is 39.9 Å². The highest BCUT2D eigenvalue weighted by Crippen LogP contribution is 2.43. The summed E-state index contributed by atoms with van der Waals surface area (Å²) in [5.41, 5.74) is 0. The van der Waals surface area contributed by atoms with Crippen LogP contribution in [0.25, 0.3) is 0 Å². The van der Waals surface area contributed by atoms with E-state index in [0.717, 1.165) is 51.4 Å². The number of unbranched alkanes of at least 4 members (excludes halogenated alkanes) is 20. The first-order valence-electron chi connectivity index (χ1n) is 19.7. The molecule has 0 aromatic rings. The van der Waals surface area contributed by atoms with Gasteiger partial charge in [0.15, 0.2) is 0 Å². The van der Waals surface area contributed by atoms with E-state index in [0.29, 0.717) is 17.4 Å². The van der Waals surface area contributed by atoms with Crippen molar-refractivity contribution in [2.24, 2.45) is 0 Å². The zero-order valence-electron chi connectivity index (χ0n) is 32.0. The first kappa shape index (κ1) is 47.0. The molecule has 0 aromatic carbocycles. The maximum absolute atomic E-state index is 12.8. The largest absolute Gasteiger partial charge is 0.472 e. The molecule has 0 aromatic heterocycles. The summed E-state index contributed by atoms with van der Waals surface area (Å²) in [6.07, 6.45) is 35.2. The number of aliphatic hydroxyl groups is 1. The third-order valence-corrected chi connectivity index (χ3v) is 9.65. The average Bonchev–Trinajstić information content (AvgIpc) is 3.02. The van der Waals surface area contributed by atoms with Gasteiger partial charge in [-0.25, -0.2) is 4.57 Å². The molecule has 0 bridgehead atoms. The van der Waals surface area contributed by atoms with Crippen LogP contribution >= 0.6 is 7.82 Å². The lowest BCUT2D eigenvalue weighted by molar-refractivity contribution is -0.870. The van der Waals surface area contributed by atoms with Gasteiger partial charge in [-0.1, -0.05) is 141 Å². The molecule has 0 aliphatic heterocycles. The second-order valence-electron chi connectivity index (χ2n) is 14.7. The molecule has 0 heterocycles. The molecule has 9 heteroatoms. The molecule has 0 fully saturated rings. The molecule has 0 radical (unpaired) electrons. The van der Waals surface area contributed by atoms with Crippen LogP contribution in [-0.4, -0.2) is 73.4 Å². The summed E-state index contributed by atoms with van der Waals surface area (Å²) in [5.74, 6) is -0.196. The Morgan fingerprint density at radius 3 is 1.60 bits per heavy atom. The average molecular weight is 702 g/mol. The van der Waals surface area contributed by atoms with E-state index in [-0.39, 0.29) is 19.1 Å². The summed E-state index contributed by atoms with van der Waals surface area (Å²) >= 11 is 0. The van der Waals surface area contributed by atoms with Gasteiger partial charge in [-0.05, 0) is 44.9 Å². The molecular formula is C39H78N2O6P+. The smallest absolute Gasteiger partial charge is 0.387 e. The van der Waals surface area contributed by atoms with Gasteiger partial charge in [-0.15, -0.1) is 0 Å². The van der Waals surface area contributed by atoms with Crippen LogP contribution in [0, 0.1) is 0 Å². The molecule has 284 valence electrons. The van der Waals surface area contributed by atoms with Crippen LogP contribution in [0.15, 0.2) is 24.3 Å². The van der Waals surface area contributed by atoms with Gasteiger partial charge < -0.3 is 19.8 Å². The van der Waals surface area contributed by atoms with Crippen LogP contribution in [0.2, 0.25) is 0 Å². The number of hydrogen-bond donors (Lipinski definition) is 3. The van der Waals surface area contributed by atoms with Crippen molar-refractivity contribution in [3.63, 3.8) is 0 Å². The highest BCUT2D eigenvalue weighted by molar-refractivity contribution is 7.47. The Morgan fingerprint density at radius 2 is 1.12 bits per heavy atom. The fourth-order valence-corrected chi connectivity index (χ4v) is 6.18. The zero-order chi connectivity index (χ0) is 35.8. The molecule has 8 nitrogen and oxygen atoms in total. The molecule has 3 atom stereocenters. The SMILES string of the molecule is CCCCCCCC/C=C\CCCCCC(=O)NC(COP(=O)(O)OCC[N+](C)(C)C)C(O)/C=C/CCCCCCCCCCCCC. The first-order chi connectivity index (χ1) is 23.0. The molecule has 1 amide bonds. The number of nitrogens with zero attached hydrogens (tertiary/aromatic N) is 1. The Morgan fingerprint density at radius 1 is 0.688 bits per heavy atom. The van der Waals surface area contributed by atoms with E-state index in [9.17, 15) is 19.4 Å². The summed E-state index contributed by atoms with van der Waals surface area (Å²) in [4.78, 5) is 23.0. The number of phosphoric acid groups is 1. The first-order valence-corrected chi connectivity index (χ1v) is 21.2. The van der Waals surface area contributed by atoms with E-state index in [2.05, 4.69) is 31.3 Å². The molecule has 3 unspecified atom stereocenters. The van der Waals surface area contributed by atoms with Crippen LogP contribution < -0.4 is 5.32 Å². The lowest BCUT2D eigenvalue weighted by atomic mass is 10.0. The van der Waals surface area contributed by atoms with E-state index in [1.54, 1.807) is 6.08 Å². The zero-order valence-corrected chi connectivity index (χ0v) is 32.9. The number of amides is 1. The summed E-state index contributed by atoms with van der Waals surface area (Å²) in [6.45, 7) is 4.77. The number of carbonyl (C=O) groups excluding carboxylic acids is 1. The van der Waals surface area contributed by atoms with Crippen molar-refractivity contribution in [2.45, 2.75) is 180 Å². The van der Waals surface area contributed by atoms with Crippen molar-refractivity contribution in [3.8, 4) is 0 Å². The second-order valence-corrected chi connectivity index (χ2v) is 16.1. The Kier molecular flexibility index (Phi) is 31.2. The summed E-state index contributed by atoms with van der Waals surface area (Å²) < 4.78 is 23.4. The third-order valence-electron chi connectivity index (χ3n) is 8.67. The minimum Gasteiger partial charge on any atom is -0.387 e. The Hall–Kier alpha value is -1.02. The number of likely N-dealkylation sites (N-methyl/N-ethyl adjacent to an activating group) is 1. The van der Waals surface area contributed by atoms with Crippen molar-refractivity contribution in [2.75, 3.05) is 40.9 Å². The van der Waals surface area contributed by atoms with Crippen LogP contribution in [-0.2, 0) is 18.4 Å². The Bertz CT molecular complexity index is 845. The van der Waals surface area contributed by atoms with Crippen molar-refractivity contribution in [3.05, 3.63) is 24.3 Å². The molecule has 0 rings (SSSR count). The van der Waals surface area contributed by atoms with Crippen LogP contribution in [0.3, 0.4) is 0 Å². The standard InChI is InChI=1S/C39H77N2O6P/c1-6-8-10-12-14-16-18-20-22-24-26-28-30-32-38(42)37(36-47-48(44,45)46-35-34-41(3,4)5)40-39(43)33-31-29-27-25-23-21-19-17-15-13-11-9-7-2/h21,23,30,32,37-38,42H,6-20,22,24-29,31,33-36H2,1-5H3,(H-,40,43,44,45)/p+1/b23-21-,32-30+. The quantitative estimate of drug-likeness (QED) is 0.0263. The van der Waals surface area contributed by atoms with Gasteiger partial charge in [0, 0.05) is 6.42 Å². The van der Waals surface area contributed by atoms with Gasteiger partial charge in [-0.2, -0.15) is 0 Å². The van der Waals surface area contributed by atoms with Crippen LogP contribution in [0.4, 0.5) is 0 Å². The number of nitrogens with one attached hydrogen (secondary N) is 1. The van der Waals surface area contributed by atoms with Crippen molar-refractivity contribution in [1.82, 2.24) is 5.32 Å². The van der Waals surface area contributed by atoms with E-state index in [4.69, 9.17) is 9.05 Å². The van der Waals surface area contributed by atoms with Gasteiger partial charge in [0.25, 0.3) is 0 Å². The van der Waals surface area contributed by atoms with Crippen LogP contribution in [0.1, 0.15) is 168 Å². The summed E-state index contributed by atoms with van der Waals surface area (Å²) in [7, 11) is 1.56. The topological polar surface area (TPSA) is 105 Å². The molecular weight excluding hydrogens is 623 g/mol. The second kappa shape index (κ2) is 31.9. The molecule has 0 aliphatic rings. The number of carbonyl (C=O) groups is 1. The number of hydrogen-bond acceptors (Lipinski definition) is 5. The monoisotopic (exact) mass is 702 g/mol. The number of quaternary nitrogens is 1. The number of allylic oxidation sites excluding steroid dienone is 3.